The van der Waals surface area contributed by atoms with Crippen LogP contribution in [0.15, 0.2) is 59.0 Å². The van der Waals surface area contributed by atoms with Crippen molar-refractivity contribution in [3.05, 3.63) is 71.6 Å². The van der Waals surface area contributed by atoms with Crippen LogP contribution in [0.1, 0.15) is 23.4 Å². The first kappa shape index (κ1) is 21.7. The number of amides is 2. The topological polar surface area (TPSA) is 91.6 Å². The van der Waals surface area contributed by atoms with Gasteiger partial charge < -0.3 is 14.6 Å². The van der Waals surface area contributed by atoms with E-state index >= 15 is 0 Å². The van der Waals surface area contributed by atoms with E-state index in [1.807, 2.05) is 37.3 Å². The molecule has 2 heterocycles. The Balaban J connectivity index is 1.39. The van der Waals surface area contributed by atoms with E-state index in [4.69, 9.17) is 4.42 Å². The van der Waals surface area contributed by atoms with Crippen LogP contribution in [0.3, 0.4) is 0 Å². The van der Waals surface area contributed by atoms with Crippen LogP contribution in [0.4, 0.5) is 0 Å². The molecule has 0 saturated carbocycles. The number of piperazine rings is 1. The largest absolute Gasteiger partial charge is 0.419 e. The Hall–Kier alpha value is -3.52. The molecular weight excluding hydrogens is 406 g/mol. The van der Waals surface area contributed by atoms with Gasteiger partial charge in [-0.05, 0) is 24.6 Å². The van der Waals surface area contributed by atoms with Crippen LogP contribution in [-0.4, -0.2) is 58.0 Å². The molecule has 2 aromatic carbocycles. The minimum atomic E-state index is -0.512. The van der Waals surface area contributed by atoms with Gasteiger partial charge in [0, 0.05) is 32.2 Å². The van der Waals surface area contributed by atoms with Gasteiger partial charge in [-0.1, -0.05) is 48.0 Å². The Bertz CT molecular complexity index is 1060. The molecule has 1 aliphatic heterocycles. The fourth-order valence-electron chi connectivity index (χ4n) is 3.73. The molecule has 0 spiro atoms. The molecule has 8 heteroatoms. The highest BCUT2D eigenvalue weighted by Gasteiger charge is 2.32. The standard InChI is InChI=1S/C24H27N5O3/c1-17-8-10-18(11-9-17)15-29-13-12-25-23(31)20(29)14-22(30)28(2)16-21-26-27-24(32-21)19-6-4-3-5-7-19/h3-11,20H,12-16H2,1-2H3,(H,25,31)/t20-/m0/s1. The first-order valence-electron chi connectivity index (χ1n) is 10.7. The second-order valence-corrected chi connectivity index (χ2v) is 8.08. The molecule has 1 N–H and O–H groups in total. The Labute approximate surface area is 187 Å². The third-order valence-electron chi connectivity index (χ3n) is 5.60. The predicted molar refractivity (Wildman–Crippen MR) is 119 cm³/mol. The van der Waals surface area contributed by atoms with Gasteiger partial charge in [-0.2, -0.15) is 0 Å². The summed E-state index contributed by atoms with van der Waals surface area (Å²) in [5.41, 5.74) is 3.14. The molecule has 1 fully saturated rings. The number of nitrogens with zero attached hydrogens (tertiary/aromatic N) is 4. The molecule has 1 aromatic heterocycles. The lowest BCUT2D eigenvalue weighted by Gasteiger charge is -2.35. The quantitative estimate of drug-likeness (QED) is 0.615. The van der Waals surface area contributed by atoms with Crippen molar-refractivity contribution in [1.29, 1.82) is 0 Å². The van der Waals surface area contributed by atoms with Crippen molar-refractivity contribution in [2.24, 2.45) is 0 Å². The number of carbonyl (C=O) groups excluding carboxylic acids is 2. The number of hydrogen-bond acceptors (Lipinski definition) is 6. The minimum absolute atomic E-state index is 0.0911. The van der Waals surface area contributed by atoms with Crippen LogP contribution in [0.5, 0.6) is 0 Å². The van der Waals surface area contributed by atoms with Gasteiger partial charge in [-0.15, -0.1) is 10.2 Å². The number of hydrogen-bond donors (Lipinski definition) is 1. The van der Waals surface area contributed by atoms with E-state index in [1.54, 1.807) is 7.05 Å². The Morgan fingerprint density at radius 1 is 1.16 bits per heavy atom. The summed E-state index contributed by atoms with van der Waals surface area (Å²) in [5.74, 6) is 0.497. The van der Waals surface area contributed by atoms with Crippen molar-refractivity contribution in [2.45, 2.75) is 32.5 Å². The summed E-state index contributed by atoms with van der Waals surface area (Å²) in [6.07, 6.45) is 0.0911. The fourth-order valence-corrected chi connectivity index (χ4v) is 3.73. The molecule has 8 nitrogen and oxygen atoms in total. The zero-order valence-electron chi connectivity index (χ0n) is 18.3. The summed E-state index contributed by atoms with van der Waals surface area (Å²) in [5, 5.41) is 11.0. The molecule has 166 valence electrons. The van der Waals surface area contributed by atoms with Gasteiger partial charge in [0.2, 0.25) is 23.6 Å². The molecular formula is C24H27N5O3. The molecule has 4 rings (SSSR count). The monoisotopic (exact) mass is 433 g/mol. The van der Waals surface area contributed by atoms with Gasteiger partial charge in [0.1, 0.15) is 0 Å². The van der Waals surface area contributed by atoms with Crippen molar-refractivity contribution < 1.29 is 14.0 Å². The van der Waals surface area contributed by atoms with Crippen LogP contribution >= 0.6 is 0 Å². The first-order valence-corrected chi connectivity index (χ1v) is 10.7. The zero-order chi connectivity index (χ0) is 22.5. The van der Waals surface area contributed by atoms with Crippen LogP contribution in [0.2, 0.25) is 0 Å². The summed E-state index contributed by atoms with van der Waals surface area (Å²) in [7, 11) is 1.68. The molecule has 0 radical (unpaired) electrons. The highest BCUT2D eigenvalue weighted by molar-refractivity contribution is 5.88. The van der Waals surface area contributed by atoms with Gasteiger partial charge in [0.25, 0.3) is 0 Å². The third-order valence-corrected chi connectivity index (χ3v) is 5.60. The maximum atomic E-state index is 12.9. The van der Waals surface area contributed by atoms with E-state index in [2.05, 4.69) is 44.7 Å². The molecule has 0 unspecified atom stereocenters. The molecule has 1 aliphatic rings. The Morgan fingerprint density at radius 2 is 1.91 bits per heavy atom. The molecule has 0 bridgehead atoms. The van der Waals surface area contributed by atoms with Crippen molar-refractivity contribution in [3.8, 4) is 11.5 Å². The van der Waals surface area contributed by atoms with E-state index in [9.17, 15) is 9.59 Å². The summed E-state index contributed by atoms with van der Waals surface area (Å²) in [6, 6.07) is 17.2. The lowest BCUT2D eigenvalue weighted by atomic mass is 10.1. The highest BCUT2D eigenvalue weighted by Crippen LogP contribution is 2.19. The van der Waals surface area contributed by atoms with Crippen LogP contribution < -0.4 is 5.32 Å². The molecule has 1 atom stereocenters. The van der Waals surface area contributed by atoms with Gasteiger partial charge in [0.05, 0.1) is 19.0 Å². The van der Waals surface area contributed by atoms with Gasteiger partial charge in [0.15, 0.2) is 0 Å². The van der Waals surface area contributed by atoms with Crippen LogP contribution in [0.25, 0.3) is 11.5 Å². The maximum absolute atomic E-state index is 12.9. The lowest BCUT2D eigenvalue weighted by molar-refractivity contribution is -0.138. The third kappa shape index (κ3) is 5.20. The van der Waals surface area contributed by atoms with Crippen molar-refractivity contribution >= 4 is 11.8 Å². The van der Waals surface area contributed by atoms with Crippen molar-refractivity contribution in [3.63, 3.8) is 0 Å². The van der Waals surface area contributed by atoms with Crippen LogP contribution in [0, 0.1) is 6.92 Å². The SMILES string of the molecule is Cc1ccc(CN2CCNC(=O)[C@@H]2CC(=O)N(C)Cc2nnc(-c3ccccc3)o2)cc1. The number of rotatable bonds is 7. The number of carbonyl (C=O) groups is 2. The zero-order valence-corrected chi connectivity index (χ0v) is 18.3. The molecule has 32 heavy (non-hydrogen) atoms. The molecule has 3 aromatic rings. The van der Waals surface area contributed by atoms with E-state index in [0.29, 0.717) is 31.4 Å². The van der Waals surface area contributed by atoms with E-state index in [0.717, 1.165) is 11.1 Å². The molecule has 1 saturated heterocycles. The van der Waals surface area contributed by atoms with Gasteiger partial charge in [-0.25, -0.2) is 0 Å². The Morgan fingerprint density at radius 3 is 2.66 bits per heavy atom. The van der Waals surface area contributed by atoms with Crippen molar-refractivity contribution in [2.75, 3.05) is 20.1 Å². The minimum Gasteiger partial charge on any atom is -0.419 e. The van der Waals surface area contributed by atoms with Gasteiger partial charge in [-0.3, -0.25) is 14.5 Å². The normalized spacial score (nSPS) is 16.6. The summed E-state index contributed by atoms with van der Waals surface area (Å²) in [6.45, 7) is 4.13. The van der Waals surface area contributed by atoms with Gasteiger partial charge >= 0.3 is 0 Å². The lowest BCUT2D eigenvalue weighted by Crippen LogP contribution is -2.56. The van der Waals surface area contributed by atoms with E-state index in [-0.39, 0.29) is 24.8 Å². The number of benzene rings is 2. The summed E-state index contributed by atoms with van der Waals surface area (Å²) < 4.78 is 5.71. The summed E-state index contributed by atoms with van der Waals surface area (Å²) in [4.78, 5) is 29.1. The van der Waals surface area contributed by atoms with E-state index in [1.165, 1.54) is 10.5 Å². The second-order valence-electron chi connectivity index (χ2n) is 8.08. The van der Waals surface area contributed by atoms with E-state index < -0.39 is 6.04 Å². The average molecular weight is 434 g/mol. The van der Waals surface area contributed by atoms with Crippen molar-refractivity contribution in [1.82, 2.24) is 25.3 Å². The number of aryl methyl sites for hydroxylation is 1. The number of aromatic nitrogens is 2. The molecule has 2 amide bonds. The second kappa shape index (κ2) is 9.74. The fraction of sp³-hybridized carbons (Fsp3) is 0.333. The highest BCUT2D eigenvalue weighted by atomic mass is 16.4. The Kier molecular flexibility index (Phi) is 6.61. The molecule has 0 aliphatic carbocycles. The smallest absolute Gasteiger partial charge is 0.247 e. The summed E-state index contributed by atoms with van der Waals surface area (Å²) >= 11 is 0. The van der Waals surface area contributed by atoms with Crippen LogP contribution in [-0.2, 0) is 22.7 Å². The number of nitrogens with one attached hydrogen (secondary N) is 1. The predicted octanol–water partition coefficient (Wildman–Crippen LogP) is 2.39. The maximum Gasteiger partial charge on any atom is 0.247 e. The first-order chi connectivity index (χ1) is 15.5. The average Bonchev–Trinajstić information content (AvgIpc) is 3.26.